The second-order valence-corrected chi connectivity index (χ2v) is 7.11. The summed E-state index contributed by atoms with van der Waals surface area (Å²) >= 11 is 0. The first-order valence-electron chi connectivity index (χ1n) is 9.26. The Hall–Kier alpha value is -4.01. The number of anilines is 1. The van der Waals surface area contributed by atoms with Crippen LogP contribution in [0.4, 0.5) is 5.69 Å². The smallest absolute Gasteiger partial charge is 0.335 e. The number of carbonyl (C=O) groups excluding carboxylic acids is 4. The molecule has 4 rings (SSSR count). The average molecular weight is 407 g/mol. The van der Waals surface area contributed by atoms with Crippen LogP contribution in [0.3, 0.4) is 0 Å². The summed E-state index contributed by atoms with van der Waals surface area (Å²) in [6.07, 6.45) is 0.428. The normalized spacial score (nSPS) is 18.1. The van der Waals surface area contributed by atoms with Crippen LogP contribution < -0.4 is 10.6 Å². The molecule has 0 saturated carbocycles. The van der Waals surface area contributed by atoms with Gasteiger partial charge in [-0.05, 0) is 42.3 Å². The Kier molecular flexibility index (Phi) is 4.78. The van der Waals surface area contributed by atoms with E-state index in [9.17, 15) is 24.0 Å². The van der Waals surface area contributed by atoms with E-state index in [-0.39, 0.29) is 42.3 Å². The molecule has 0 aromatic heterocycles. The van der Waals surface area contributed by atoms with Crippen molar-refractivity contribution >= 4 is 35.3 Å². The Morgan fingerprint density at radius 3 is 2.60 bits per heavy atom. The molecule has 152 valence electrons. The van der Waals surface area contributed by atoms with Crippen molar-refractivity contribution < 1.29 is 29.1 Å². The monoisotopic (exact) mass is 407 g/mol. The minimum absolute atomic E-state index is 0.0387. The molecule has 3 N–H and O–H groups in total. The lowest BCUT2D eigenvalue weighted by atomic mass is 10.0. The van der Waals surface area contributed by atoms with Crippen LogP contribution in [0.1, 0.15) is 49.5 Å². The van der Waals surface area contributed by atoms with E-state index < -0.39 is 23.8 Å². The largest absolute Gasteiger partial charge is 0.478 e. The van der Waals surface area contributed by atoms with Crippen LogP contribution in [0.5, 0.6) is 0 Å². The molecule has 2 heterocycles. The summed E-state index contributed by atoms with van der Waals surface area (Å²) in [5.74, 6) is -2.83. The van der Waals surface area contributed by atoms with Crippen molar-refractivity contribution in [1.82, 2.24) is 10.2 Å². The highest BCUT2D eigenvalue weighted by molar-refractivity contribution is 6.09. The Morgan fingerprint density at radius 1 is 1.07 bits per heavy atom. The Morgan fingerprint density at radius 2 is 1.87 bits per heavy atom. The van der Waals surface area contributed by atoms with Gasteiger partial charge in [0.15, 0.2) is 0 Å². The Bertz CT molecular complexity index is 1110. The Labute approximate surface area is 170 Å². The van der Waals surface area contributed by atoms with Gasteiger partial charge in [0.2, 0.25) is 11.8 Å². The maximum Gasteiger partial charge on any atom is 0.335 e. The predicted molar refractivity (Wildman–Crippen MR) is 104 cm³/mol. The van der Waals surface area contributed by atoms with E-state index in [1.54, 1.807) is 18.2 Å². The van der Waals surface area contributed by atoms with Gasteiger partial charge in [-0.3, -0.25) is 24.5 Å². The fourth-order valence-electron chi connectivity index (χ4n) is 3.63. The number of benzene rings is 2. The number of carbonyl (C=O) groups is 5. The average Bonchev–Trinajstić information content (AvgIpc) is 3.04. The maximum absolute atomic E-state index is 12.8. The summed E-state index contributed by atoms with van der Waals surface area (Å²) in [5.41, 5.74) is 1.60. The molecule has 0 aliphatic carbocycles. The van der Waals surface area contributed by atoms with Crippen molar-refractivity contribution in [2.45, 2.75) is 25.4 Å². The summed E-state index contributed by atoms with van der Waals surface area (Å²) in [4.78, 5) is 61.4. The van der Waals surface area contributed by atoms with Gasteiger partial charge in [0.1, 0.15) is 6.04 Å². The van der Waals surface area contributed by atoms with Gasteiger partial charge in [-0.1, -0.05) is 12.1 Å². The summed E-state index contributed by atoms with van der Waals surface area (Å²) in [5, 5.41) is 13.9. The number of hydrogen-bond acceptors (Lipinski definition) is 5. The van der Waals surface area contributed by atoms with Gasteiger partial charge in [0.25, 0.3) is 11.8 Å². The van der Waals surface area contributed by atoms with Crippen LogP contribution in [-0.2, 0) is 16.1 Å². The second-order valence-electron chi connectivity index (χ2n) is 7.11. The summed E-state index contributed by atoms with van der Waals surface area (Å²) in [6, 6.07) is 9.78. The van der Waals surface area contributed by atoms with E-state index in [1.165, 1.54) is 29.2 Å². The number of amides is 4. The van der Waals surface area contributed by atoms with E-state index in [2.05, 4.69) is 10.6 Å². The number of nitrogens with one attached hydrogen (secondary N) is 2. The lowest BCUT2D eigenvalue weighted by Gasteiger charge is -2.29. The van der Waals surface area contributed by atoms with E-state index in [0.717, 1.165) is 0 Å². The number of carboxylic acids is 1. The van der Waals surface area contributed by atoms with Crippen LogP contribution in [0.2, 0.25) is 0 Å². The number of carboxylic acid groups (broad SMARTS) is 1. The van der Waals surface area contributed by atoms with E-state index in [0.29, 0.717) is 16.8 Å². The second kappa shape index (κ2) is 7.43. The summed E-state index contributed by atoms with van der Waals surface area (Å²) in [7, 11) is 0. The van der Waals surface area contributed by atoms with Gasteiger partial charge in [-0.2, -0.15) is 0 Å². The molecule has 1 unspecified atom stereocenters. The number of imide groups is 1. The van der Waals surface area contributed by atoms with Crippen molar-refractivity contribution in [3.05, 3.63) is 64.7 Å². The van der Waals surface area contributed by atoms with Gasteiger partial charge in [-0.15, -0.1) is 0 Å². The summed E-state index contributed by atoms with van der Waals surface area (Å²) < 4.78 is 0. The zero-order valence-electron chi connectivity index (χ0n) is 15.7. The van der Waals surface area contributed by atoms with E-state index in [4.69, 9.17) is 5.11 Å². The fourth-order valence-corrected chi connectivity index (χ4v) is 3.63. The van der Waals surface area contributed by atoms with Crippen LogP contribution in [0.25, 0.3) is 0 Å². The molecule has 1 atom stereocenters. The molecule has 9 heteroatoms. The van der Waals surface area contributed by atoms with Crippen LogP contribution >= 0.6 is 0 Å². The highest BCUT2D eigenvalue weighted by atomic mass is 16.4. The zero-order chi connectivity index (χ0) is 21.4. The highest BCUT2D eigenvalue weighted by Gasteiger charge is 2.39. The van der Waals surface area contributed by atoms with Gasteiger partial charge in [-0.25, -0.2) is 4.79 Å². The molecule has 1 saturated heterocycles. The topological polar surface area (TPSA) is 133 Å². The zero-order valence-corrected chi connectivity index (χ0v) is 15.7. The number of nitrogens with zero attached hydrogens (tertiary/aromatic N) is 1. The molecule has 2 aliphatic rings. The van der Waals surface area contributed by atoms with E-state index >= 15 is 0 Å². The minimum atomic E-state index is -1.11. The standard InChI is InChI=1S/C21H17N3O6/c25-17-7-6-16(19(27)23-17)24-10-13-5-4-11(9-15(13)20(24)28)18(26)22-14-3-1-2-12(8-14)21(29)30/h1-5,8-9,16H,6-7,10H2,(H,22,26)(H,29,30)(H,23,25,27). The fraction of sp³-hybridized carbons (Fsp3) is 0.190. The minimum Gasteiger partial charge on any atom is -0.478 e. The van der Waals surface area contributed by atoms with Gasteiger partial charge >= 0.3 is 5.97 Å². The predicted octanol–water partition coefficient (Wildman–Crippen LogP) is 1.40. The third-order valence-electron chi connectivity index (χ3n) is 5.16. The lowest BCUT2D eigenvalue weighted by Crippen LogP contribution is -2.52. The molecule has 0 spiro atoms. The molecule has 2 aromatic carbocycles. The maximum atomic E-state index is 12.8. The number of rotatable bonds is 4. The Balaban J connectivity index is 1.52. The molecule has 2 aliphatic heterocycles. The van der Waals surface area contributed by atoms with Crippen LogP contribution in [0.15, 0.2) is 42.5 Å². The van der Waals surface area contributed by atoms with Gasteiger partial charge in [0.05, 0.1) is 5.56 Å². The molecule has 0 bridgehead atoms. The van der Waals surface area contributed by atoms with Crippen molar-refractivity contribution in [2.75, 3.05) is 5.32 Å². The number of aromatic carboxylic acids is 1. The van der Waals surface area contributed by atoms with E-state index in [1.807, 2.05) is 0 Å². The number of fused-ring (bicyclic) bond motifs is 1. The van der Waals surface area contributed by atoms with Gasteiger partial charge in [0, 0.05) is 29.8 Å². The molecule has 2 aromatic rings. The van der Waals surface area contributed by atoms with Gasteiger partial charge < -0.3 is 15.3 Å². The molecular weight excluding hydrogens is 390 g/mol. The van der Waals surface area contributed by atoms with Crippen LogP contribution in [-0.4, -0.2) is 45.6 Å². The number of hydrogen-bond donors (Lipinski definition) is 3. The third kappa shape index (κ3) is 3.52. The molecule has 4 amide bonds. The quantitative estimate of drug-likeness (QED) is 0.656. The lowest BCUT2D eigenvalue weighted by molar-refractivity contribution is -0.136. The first-order chi connectivity index (χ1) is 14.3. The molecule has 0 radical (unpaired) electrons. The SMILES string of the molecule is O=C1CCC(N2Cc3ccc(C(=O)Nc4cccc(C(=O)O)c4)cc3C2=O)C(=O)N1. The molecule has 30 heavy (non-hydrogen) atoms. The summed E-state index contributed by atoms with van der Waals surface area (Å²) in [6.45, 7) is 0.225. The first kappa shape index (κ1) is 19.3. The number of piperidine rings is 1. The van der Waals surface area contributed by atoms with Crippen molar-refractivity contribution in [1.29, 1.82) is 0 Å². The molecule has 9 nitrogen and oxygen atoms in total. The molecular formula is C21H17N3O6. The first-order valence-corrected chi connectivity index (χ1v) is 9.26. The van der Waals surface area contributed by atoms with Crippen molar-refractivity contribution in [3.63, 3.8) is 0 Å². The molecule has 1 fully saturated rings. The van der Waals surface area contributed by atoms with Crippen molar-refractivity contribution in [2.24, 2.45) is 0 Å². The third-order valence-corrected chi connectivity index (χ3v) is 5.16. The van der Waals surface area contributed by atoms with Crippen molar-refractivity contribution in [3.8, 4) is 0 Å². The van der Waals surface area contributed by atoms with Crippen LogP contribution in [0, 0.1) is 0 Å². The highest BCUT2D eigenvalue weighted by Crippen LogP contribution is 2.28.